The molecule has 0 amide bonds. The molecule has 0 aliphatic rings. The number of nitriles is 1. The number of nitrogens with one attached hydrogen (secondary N) is 1. The van der Waals surface area contributed by atoms with Gasteiger partial charge in [0.2, 0.25) is 0 Å². The highest BCUT2D eigenvalue weighted by Gasteiger charge is 2.15. The summed E-state index contributed by atoms with van der Waals surface area (Å²) in [6.45, 7) is 0.125. The molecule has 0 radical (unpaired) electrons. The summed E-state index contributed by atoms with van der Waals surface area (Å²) in [5, 5.41) is 11.9. The summed E-state index contributed by atoms with van der Waals surface area (Å²) in [7, 11) is 1.60. The Hall–Kier alpha value is -2.78. The van der Waals surface area contributed by atoms with Gasteiger partial charge in [0.25, 0.3) is 0 Å². The lowest BCUT2D eigenvalue weighted by Crippen LogP contribution is -2.11. The Morgan fingerprint density at radius 1 is 1.39 bits per heavy atom. The van der Waals surface area contributed by atoms with Gasteiger partial charge in [0, 0.05) is 12.7 Å². The van der Waals surface area contributed by atoms with E-state index in [1.54, 1.807) is 13.2 Å². The minimum Gasteiger partial charge on any atom is -0.497 e. The summed E-state index contributed by atoms with van der Waals surface area (Å²) in [6, 6.07) is 10.7. The van der Waals surface area contributed by atoms with Crippen molar-refractivity contribution < 1.29 is 14.3 Å². The zero-order valence-corrected chi connectivity index (χ0v) is 13.1. The van der Waals surface area contributed by atoms with Crippen molar-refractivity contribution in [3.63, 3.8) is 0 Å². The number of carbonyl (C=O) groups is 1. The molecule has 0 atom stereocenters. The van der Waals surface area contributed by atoms with Crippen LogP contribution in [0.1, 0.15) is 15.9 Å². The first-order valence-electron chi connectivity index (χ1n) is 6.70. The van der Waals surface area contributed by atoms with E-state index in [4.69, 9.17) is 26.3 Å². The SMILES string of the molecule is COc1ccc(CNc2ncc(Cl)cc2C(=O)OCC#N)cc1. The summed E-state index contributed by atoms with van der Waals surface area (Å²) < 4.78 is 9.90. The van der Waals surface area contributed by atoms with Crippen LogP contribution in [0.3, 0.4) is 0 Å². The number of aromatic nitrogens is 1. The molecule has 1 N–H and O–H groups in total. The van der Waals surface area contributed by atoms with E-state index in [1.165, 1.54) is 12.3 Å². The van der Waals surface area contributed by atoms with Gasteiger partial charge in [-0.05, 0) is 23.8 Å². The largest absolute Gasteiger partial charge is 0.497 e. The van der Waals surface area contributed by atoms with Crippen molar-refractivity contribution in [1.82, 2.24) is 4.98 Å². The fraction of sp³-hybridized carbons (Fsp3) is 0.188. The fourth-order valence-electron chi connectivity index (χ4n) is 1.84. The third kappa shape index (κ3) is 4.59. The Kier molecular flexibility index (Phi) is 5.78. The van der Waals surface area contributed by atoms with Gasteiger partial charge in [-0.2, -0.15) is 5.26 Å². The molecule has 0 aliphatic carbocycles. The average Bonchev–Trinajstić information content (AvgIpc) is 2.59. The van der Waals surface area contributed by atoms with Crippen LogP contribution in [0.5, 0.6) is 5.75 Å². The topological polar surface area (TPSA) is 84.2 Å². The molecule has 0 saturated carbocycles. The van der Waals surface area contributed by atoms with Crippen molar-refractivity contribution in [3.05, 3.63) is 52.7 Å². The highest BCUT2D eigenvalue weighted by Crippen LogP contribution is 2.20. The van der Waals surface area contributed by atoms with Gasteiger partial charge in [-0.25, -0.2) is 9.78 Å². The number of halogens is 1. The number of esters is 1. The molecule has 2 rings (SSSR count). The van der Waals surface area contributed by atoms with Crippen LogP contribution in [-0.4, -0.2) is 24.7 Å². The van der Waals surface area contributed by atoms with Crippen molar-refractivity contribution >= 4 is 23.4 Å². The molecule has 1 aromatic carbocycles. The average molecular weight is 332 g/mol. The number of ether oxygens (including phenoxy) is 2. The van der Waals surface area contributed by atoms with Crippen molar-refractivity contribution in [1.29, 1.82) is 5.26 Å². The molecule has 1 heterocycles. The molecule has 0 bridgehead atoms. The molecule has 118 valence electrons. The highest BCUT2D eigenvalue weighted by atomic mass is 35.5. The maximum atomic E-state index is 11.9. The van der Waals surface area contributed by atoms with E-state index in [2.05, 4.69) is 10.3 Å². The van der Waals surface area contributed by atoms with E-state index in [0.29, 0.717) is 17.4 Å². The number of rotatable bonds is 6. The molecule has 0 aliphatic heterocycles. The number of methoxy groups -OCH3 is 1. The Morgan fingerprint density at radius 2 is 2.13 bits per heavy atom. The van der Waals surface area contributed by atoms with Crippen LogP contribution in [0, 0.1) is 11.3 Å². The smallest absolute Gasteiger partial charge is 0.342 e. The second-order valence-corrected chi connectivity index (χ2v) is 4.92. The fourth-order valence-corrected chi connectivity index (χ4v) is 2.00. The summed E-state index contributed by atoms with van der Waals surface area (Å²) >= 11 is 5.87. The van der Waals surface area contributed by atoms with Crippen LogP contribution in [-0.2, 0) is 11.3 Å². The van der Waals surface area contributed by atoms with Gasteiger partial charge >= 0.3 is 5.97 Å². The molecule has 7 heteroatoms. The maximum Gasteiger partial charge on any atom is 0.342 e. The zero-order valence-electron chi connectivity index (χ0n) is 12.4. The predicted molar refractivity (Wildman–Crippen MR) is 85.5 cm³/mol. The van der Waals surface area contributed by atoms with Gasteiger partial charge in [-0.1, -0.05) is 23.7 Å². The third-order valence-corrected chi connectivity index (χ3v) is 3.17. The number of nitrogens with zero attached hydrogens (tertiary/aromatic N) is 2. The molecular weight excluding hydrogens is 318 g/mol. The molecule has 1 aromatic heterocycles. The van der Waals surface area contributed by atoms with Gasteiger partial charge in [-0.15, -0.1) is 0 Å². The van der Waals surface area contributed by atoms with E-state index < -0.39 is 5.97 Å². The quantitative estimate of drug-likeness (QED) is 0.819. The lowest BCUT2D eigenvalue weighted by Gasteiger charge is -2.11. The van der Waals surface area contributed by atoms with Crippen LogP contribution in [0.15, 0.2) is 36.5 Å². The molecule has 0 unspecified atom stereocenters. The first kappa shape index (κ1) is 16.6. The van der Waals surface area contributed by atoms with Crippen molar-refractivity contribution in [3.8, 4) is 11.8 Å². The maximum absolute atomic E-state index is 11.9. The molecule has 0 saturated heterocycles. The Bertz CT molecular complexity index is 726. The summed E-state index contributed by atoms with van der Waals surface area (Å²) in [5.74, 6) is 0.450. The van der Waals surface area contributed by atoms with Crippen molar-refractivity contribution in [2.24, 2.45) is 0 Å². The lowest BCUT2D eigenvalue weighted by molar-refractivity contribution is 0.0555. The summed E-state index contributed by atoms with van der Waals surface area (Å²) in [4.78, 5) is 16.0. The first-order chi connectivity index (χ1) is 11.1. The number of hydrogen-bond donors (Lipinski definition) is 1. The molecule has 0 fully saturated rings. The molecular formula is C16H14ClN3O3. The second-order valence-electron chi connectivity index (χ2n) is 4.49. The first-order valence-corrected chi connectivity index (χ1v) is 7.08. The van der Waals surface area contributed by atoms with Crippen LogP contribution < -0.4 is 10.1 Å². The lowest BCUT2D eigenvalue weighted by atomic mass is 10.2. The van der Waals surface area contributed by atoms with E-state index in [-0.39, 0.29) is 12.2 Å². The molecule has 0 spiro atoms. The highest BCUT2D eigenvalue weighted by molar-refractivity contribution is 6.30. The van der Waals surface area contributed by atoms with Gasteiger partial charge < -0.3 is 14.8 Å². The Labute approximate surface area is 138 Å². The normalized spacial score (nSPS) is 9.78. The Balaban J connectivity index is 2.12. The standard InChI is InChI=1S/C16H14ClN3O3/c1-22-13-4-2-11(3-5-13)9-19-15-14(8-12(17)10-20-15)16(21)23-7-6-18/h2-5,8,10H,7,9H2,1H3,(H,19,20). The number of hydrogen-bond acceptors (Lipinski definition) is 6. The minimum absolute atomic E-state index is 0.182. The summed E-state index contributed by atoms with van der Waals surface area (Å²) in [6.07, 6.45) is 1.43. The van der Waals surface area contributed by atoms with Gasteiger partial charge in [0.1, 0.15) is 23.2 Å². The number of carbonyl (C=O) groups excluding carboxylic acids is 1. The third-order valence-electron chi connectivity index (χ3n) is 2.96. The molecule has 2 aromatic rings. The van der Waals surface area contributed by atoms with Crippen LogP contribution in [0.2, 0.25) is 5.02 Å². The zero-order chi connectivity index (χ0) is 16.7. The van der Waals surface area contributed by atoms with Crippen LogP contribution >= 0.6 is 11.6 Å². The van der Waals surface area contributed by atoms with Crippen LogP contribution in [0.25, 0.3) is 0 Å². The van der Waals surface area contributed by atoms with Crippen molar-refractivity contribution in [2.75, 3.05) is 19.0 Å². The second kappa shape index (κ2) is 8.01. The molecule has 6 nitrogen and oxygen atoms in total. The molecule has 23 heavy (non-hydrogen) atoms. The van der Waals surface area contributed by atoms with Crippen LogP contribution in [0.4, 0.5) is 5.82 Å². The van der Waals surface area contributed by atoms with Gasteiger partial charge in [0.15, 0.2) is 6.61 Å². The van der Waals surface area contributed by atoms with Crippen molar-refractivity contribution in [2.45, 2.75) is 6.54 Å². The summed E-state index contributed by atoms with van der Waals surface area (Å²) in [5.41, 5.74) is 1.17. The van der Waals surface area contributed by atoms with Gasteiger partial charge in [0.05, 0.1) is 12.1 Å². The van der Waals surface area contributed by atoms with Gasteiger partial charge in [-0.3, -0.25) is 0 Å². The van der Waals surface area contributed by atoms with E-state index in [1.807, 2.05) is 24.3 Å². The Morgan fingerprint density at radius 3 is 2.78 bits per heavy atom. The number of anilines is 1. The monoisotopic (exact) mass is 331 g/mol. The number of pyridine rings is 1. The van der Waals surface area contributed by atoms with E-state index in [0.717, 1.165) is 11.3 Å². The van der Waals surface area contributed by atoms with E-state index >= 15 is 0 Å². The predicted octanol–water partition coefficient (Wildman–Crippen LogP) is 3.04. The number of benzene rings is 1. The van der Waals surface area contributed by atoms with E-state index in [9.17, 15) is 4.79 Å². The minimum atomic E-state index is -0.654.